The molecular formula is C16H8N2S4. The van der Waals surface area contributed by atoms with Crippen LogP contribution in [-0.2, 0) is 0 Å². The van der Waals surface area contributed by atoms with Gasteiger partial charge in [-0.3, -0.25) is 0 Å². The van der Waals surface area contributed by atoms with Crippen LogP contribution in [0, 0.1) is 22.7 Å². The molecule has 0 aliphatic carbocycles. The van der Waals surface area contributed by atoms with Gasteiger partial charge in [0.25, 0.3) is 0 Å². The molecule has 0 unspecified atom stereocenters. The van der Waals surface area contributed by atoms with E-state index in [2.05, 4.69) is 12.1 Å². The molecule has 0 aliphatic heterocycles. The van der Waals surface area contributed by atoms with Crippen molar-refractivity contribution in [1.29, 1.82) is 10.5 Å². The predicted octanol–water partition coefficient (Wildman–Crippen LogP) is 4.86. The fourth-order valence-corrected chi connectivity index (χ4v) is 4.07. The number of rotatable bonds is 2. The van der Waals surface area contributed by atoms with Crippen LogP contribution >= 0.6 is 46.0 Å². The molecule has 0 N–H and O–H groups in total. The molecule has 0 saturated heterocycles. The van der Waals surface area contributed by atoms with E-state index < -0.39 is 0 Å². The molecule has 0 bridgehead atoms. The van der Waals surface area contributed by atoms with Crippen LogP contribution < -0.4 is 0 Å². The minimum atomic E-state index is 0.609. The Morgan fingerprint density at radius 3 is 1.27 bits per heavy atom. The summed E-state index contributed by atoms with van der Waals surface area (Å²) in [6, 6.07) is 18.4. The summed E-state index contributed by atoms with van der Waals surface area (Å²) >= 11 is 10.7. The Balaban J connectivity index is 1.96. The quantitative estimate of drug-likeness (QED) is 0.565. The number of thiocarbonyl (C=S) groups is 2. The first-order chi connectivity index (χ1) is 10.6. The fraction of sp³-hybridized carbons (Fsp3) is 0. The van der Waals surface area contributed by atoms with Gasteiger partial charge in [0.05, 0.1) is 31.7 Å². The van der Waals surface area contributed by atoms with E-state index in [4.69, 9.17) is 35.0 Å². The summed E-state index contributed by atoms with van der Waals surface area (Å²) in [7, 11) is 2.83. The molecule has 2 nitrogen and oxygen atoms in total. The molecule has 0 amide bonds. The maximum atomic E-state index is 8.78. The molecule has 2 rings (SSSR count). The van der Waals surface area contributed by atoms with Gasteiger partial charge in [0.15, 0.2) is 0 Å². The standard InChI is InChI=1S/C16H8N2S4/c17-9-11-1-5-13(6-2-11)15(19)21-22-16(20)14-7-3-12(10-18)4-8-14/h1-8H. The number of nitrogens with zero attached hydrogens (tertiary/aromatic N) is 2. The first-order valence-corrected chi connectivity index (χ1v) is 9.04. The van der Waals surface area contributed by atoms with Crippen molar-refractivity contribution in [3.8, 4) is 12.1 Å². The molecule has 2 aromatic rings. The van der Waals surface area contributed by atoms with Gasteiger partial charge in [0.1, 0.15) is 0 Å². The maximum absolute atomic E-state index is 8.78. The Labute approximate surface area is 147 Å². The molecule has 22 heavy (non-hydrogen) atoms. The Kier molecular flexibility index (Phi) is 6.11. The number of hydrogen-bond acceptors (Lipinski definition) is 6. The smallest absolute Gasteiger partial charge is 0.0991 e. The summed E-state index contributed by atoms with van der Waals surface area (Å²) in [5.74, 6) is 0. The van der Waals surface area contributed by atoms with Crippen molar-refractivity contribution in [2.45, 2.75) is 0 Å². The van der Waals surface area contributed by atoms with Crippen molar-refractivity contribution < 1.29 is 0 Å². The average molecular weight is 357 g/mol. The van der Waals surface area contributed by atoms with Crippen LogP contribution in [0.4, 0.5) is 0 Å². The second-order valence-corrected chi connectivity index (χ2v) is 7.60. The Bertz CT molecular complexity index is 711. The van der Waals surface area contributed by atoms with Crippen LogP contribution in [0.1, 0.15) is 22.3 Å². The third-order valence-corrected chi connectivity index (χ3v) is 6.40. The lowest BCUT2D eigenvalue weighted by atomic mass is 10.2. The molecule has 2 aromatic carbocycles. The highest BCUT2D eigenvalue weighted by Gasteiger charge is 2.07. The topological polar surface area (TPSA) is 47.6 Å². The summed E-state index contributed by atoms with van der Waals surface area (Å²) in [4.78, 5) is 0. The maximum Gasteiger partial charge on any atom is 0.0991 e. The first-order valence-electron chi connectivity index (χ1n) is 6.07. The molecule has 6 heteroatoms. The summed E-state index contributed by atoms with van der Waals surface area (Å²) in [5, 5.41) is 17.6. The molecule has 0 atom stereocenters. The second kappa shape index (κ2) is 8.07. The van der Waals surface area contributed by atoms with E-state index >= 15 is 0 Å². The highest BCUT2D eigenvalue weighted by atomic mass is 33.1. The van der Waals surface area contributed by atoms with E-state index in [0.717, 1.165) is 11.1 Å². The third kappa shape index (κ3) is 4.40. The molecule has 0 radical (unpaired) electrons. The van der Waals surface area contributed by atoms with Gasteiger partial charge in [-0.2, -0.15) is 10.5 Å². The largest absolute Gasteiger partial charge is 0.192 e. The van der Waals surface area contributed by atoms with Gasteiger partial charge in [-0.25, -0.2) is 0 Å². The molecule has 106 valence electrons. The van der Waals surface area contributed by atoms with Crippen molar-refractivity contribution in [2.75, 3.05) is 0 Å². The van der Waals surface area contributed by atoms with Crippen molar-refractivity contribution in [2.24, 2.45) is 0 Å². The van der Waals surface area contributed by atoms with E-state index in [1.165, 1.54) is 21.6 Å². The highest BCUT2D eigenvalue weighted by molar-refractivity contribution is 8.90. The van der Waals surface area contributed by atoms with Gasteiger partial charge in [-0.1, -0.05) is 48.7 Å². The fourth-order valence-electron chi connectivity index (χ4n) is 1.53. The van der Waals surface area contributed by atoms with Gasteiger partial charge >= 0.3 is 0 Å². The van der Waals surface area contributed by atoms with Crippen LogP contribution in [0.15, 0.2) is 48.5 Å². The van der Waals surface area contributed by atoms with Gasteiger partial charge in [0.2, 0.25) is 0 Å². The van der Waals surface area contributed by atoms with Gasteiger partial charge in [0, 0.05) is 0 Å². The molecule has 0 spiro atoms. The summed E-state index contributed by atoms with van der Waals surface area (Å²) in [5.41, 5.74) is 3.01. The van der Waals surface area contributed by atoms with Gasteiger partial charge < -0.3 is 0 Å². The molecular weight excluding hydrogens is 348 g/mol. The number of nitriles is 2. The van der Waals surface area contributed by atoms with Crippen molar-refractivity contribution in [3.05, 3.63) is 70.8 Å². The predicted molar refractivity (Wildman–Crippen MR) is 101 cm³/mol. The second-order valence-electron chi connectivity index (χ2n) is 4.12. The Hall–Kier alpha value is -1.70. The highest BCUT2D eigenvalue weighted by Crippen LogP contribution is 2.31. The van der Waals surface area contributed by atoms with Crippen LogP contribution in [0.3, 0.4) is 0 Å². The minimum absolute atomic E-state index is 0.609. The Morgan fingerprint density at radius 1 is 0.682 bits per heavy atom. The monoisotopic (exact) mass is 356 g/mol. The van der Waals surface area contributed by atoms with Gasteiger partial charge in [-0.05, 0) is 57.0 Å². The van der Waals surface area contributed by atoms with Gasteiger partial charge in [-0.15, -0.1) is 0 Å². The van der Waals surface area contributed by atoms with E-state index in [9.17, 15) is 0 Å². The molecule has 0 saturated carbocycles. The summed E-state index contributed by atoms with van der Waals surface area (Å²) in [6.07, 6.45) is 0. The summed E-state index contributed by atoms with van der Waals surface area (Å²) < 4.78 is 1.43. The van der Waals surface area contributed by atoms with E-state index in [1.54, 1.807) is 24.3 Å². The lowest BCUT2D eigenvalue weighted by Crippen LogP contribution is -1.93. The lowest BCUT2D eigenvalue weighted by Gasteiger charge is -2.05. The molecule has 0 aliphatic rings. The molecule has 0 aromatic heterocycles. The lowest BCUT2D eigenvalue weighted by molar-refractivity contribution is 1.48. The van der Waals surface area contributed by atoms with Crippen LogP contribution in [0.5, 0.6) is 0 Å². The molecule has 0 heterocycles. The SMILES string of the molecule is N#Cc1ccc(C(=S)SSC(=S)c2ccc(C#N)cc2)cc1. The molecule has 0 fully saturated rings. The minimum Gasteiger partial charge on any atom is -0.192 e. The zero-order valence-corrected chi connectivity index (χ0v) is 14.4. The van der Waals surface area contributed by atoms with E-state index in [-0.39, 0.29) is 0 Å². The van der Waals surface area contributed by atoms with E-state index in [1.807, 2.05) is 24.3 Å². The van der Waals surface area contributed by atoms with Crippen LogP contribution in [0.25, 0.3) is 0 Å². The average Bonchev–Trinajstić information content (AvgIpc) is 2.59. The third-order valence-electron chi connectivity index (χ3n) is 2.69. The zero-order chi connectivity index (χ0) is 15.9. The van der Waals surface area contributed by atoms with Crippen molar-refractivity contribution in [3.63, 3.8) is 0 Å². The first kappa shape index (κ1) is 16.7. The summed E-state index contributed by atoms with van der Waals surface area (Å²) in [6.45, 7) is 0. The van der Waals surface area contributed by atoms with E-state index in [0.29, 0.717) is 19.5 Å². The normalized spacial score (nSPS) is 9.55. The zero-order valence-electron chi connectivity index (χ0n) is 11.1. The number of benzene rings is 2. The van der Waals surface area contributed by atoms with Crippen LogP contribution in [-0.4, -0.2) is 8.39 Å². The number of hydrogen-bond donors (Lipinski definition) is 0. The van der Waals surface area contributed by atoms with Crippen molar-refractivity contribution >= 4 is 54.4 Å². The van der Waals surface area contributed by atoms with Crippen molar-refractivity contribution in [1.82, 2.24) is 0 Å². The Morgan fingerprint density at radius 2 is 1.00 bits per heavy atom. The van der Waals surface area contributed by atoms with Crippen LogP contribution in [0.2, 0.25) is 0 Å².